The van der Waals surface area contributed by atoms with E-state index in [0.717, 1.165) is 0 Å². The molecule has 0 aliphatic carbocycles. The second-order valence-electron chi connectivity index (χ2n) is 9.48. The molecule has 38 heavy (non-hydrogen) atoms. The third-order valence-corrected chi connectivity index (χ3v) is 7.12. The van der Waals surface area contributed by atoms with Gasteiger partial charge in [-0.25, -0.2) is 0 Å². The van der Waals surface area contributed by atoms with Crippen LogP contribution in [0, 0.1) is 0 Å². The van der Waals surface area contributed by atoms with Crippen LogP contribution in [0.25, 0.3) is 0 Å². The minimum Gasteiger partial charge on any atom is -0.459 e. The summed E-state index contributed by atoms with van der Waals surface area (Å²) in [4.78, 5) is 36.4. The molecular weight excluding hydrogens is 542 g/mol. The van der Waals surface area contributed by atoms with Crippen molar-refractivity contribution in [2.45, 2.75) is 89.8 Å². The summed E-state index contributed by atoms with van der Waals surface area (Å²) in [6, 6.07) is 0. The molecule has 0 unspecified atom stereocenters. The highest BCUT2D eigenvalue weighted by Gasteiger charge is 2.41. The zero-order valence-electron chi connectivity index (χ0n) is 21.7. The van der Waals surface area contributed by atoms with Crippen LogP contribution in [-0.4, -0.2) is 78.7 Å². The number of fused-ring (bicyclic) bond motifs is 2. The fraction of sp³-hybridized carbons (Fsp3) is 0.640. The minimum absolute atomic E-state index is 0.126. The summed E-state index contributed by atoms with van der Waals surface area (Å²) in [5.74, 6) is -2.25. The number of halogens is 1. The lowest BCUT2D eigenvalue weighted by Crippen LogP contribution is -2.37. The third-order valence-electron chi connectivity index (χ3n) is 6.06. The van der Waals surface area contributed by atoms with E-state index in [9.17, 15) is 27.9 Å². The number of allylic oxidation sites excluding steroid dienone is 3. The van der Waals surface area contributed by atoms with Gasteiger partial charge in [-0.2, -0.15) is 8.42 Å². The summed E-state index contributed by atoms with van der Waals surface area (Å²) >= 11 is 6.35. The van der Waals surface area contributed by atoms with E-state index < -0.39 is 58.1 Å². The molecule has 0 aromatic heterocycles. The van der Waals surface area contributed by atoms with Crippen molar-refractivity contribution in [1.82, 2.24) is 5.32 Å². The lowest BCUT2D eigenvalue weighted by atomic mass is 10.0. The molecule has 1 saturated heterocycles. The molecule has 1 amide bonds. The van der Waals surface area contributed by atoms with Crippen molar-refractivity contribution in [3.63, 3.8) is 0 Å². The predicted octanol–water partition coefficient (Wildman–Crippen LogP) is 2.33. The number of ether oxygens (including phenoxy) is 3. The maximum Gasteiger partial charge on any atom is 0.310 e. The topological polar surface area (TPSA) is 166 Å². The zero-order valence-corrected chi connectivity index (χ0v) is 23.3. The monoisotopic (exact) mass is 577 g/mol. The van der Waals surface area contributed by atoms with Crippen LogP contribution in [-0.2, 0) is 38.7 Å². The number of aliphatic hydroxyl groups excluding tert-OH is 1. The van der Waals surface area contributed by atoms with Gasteiger partial charge in [0.2, 0.25) is 5.91 Å². The van der Waals surface area contributed by atoms with Crippen molar-refractivity contribution < 1.29 is 46.7 Å². The first kappa shape index (κ1) is 32.0. The Morgan fingerprint density at radius 3 is 2.68 bits per heavy atom. The van der Waals surface area contributed by atoms with Gasteiger partial charge < -0.3 is 24.6 Å². The van der Waals surface area contributed by atoms with Gasteiger partial charge in [0.1, 0.15) is 24.4 Å². The van der Waals surface area contributed by atoms with Crippen LogP contribution in [0.15, 0.2) is 34.4 Å². The molecule has 2 aliphatic rings. The van der Waals surface area contributed by atoms with Crippen LogP contribution < -0.4 is 5.32 Å². The fourth-order valence-corrected chi connectivity index (χ4v) is 4.77. The van der Waals surface area contributed by atoms with E-state index in [0.29, 0.717) is 41.9 Å². The zero-order chi connectivity index (χ0) is 28.5. The molecule has 0 saturated carbocycles. The van der Waals surface area contributed by atoms with Crippen molar-refractivity contribution in [2.24, 2.45) is 0 Å². The molecule has 2 heterocycles. The molecule has 0 aromatic rings. The van der Waals surface area contributed by atoms with Gasteiger partial charge in [0.15, 0.2) is 0 Å². The molecule has 0 spiro atoms. The Morgan fingerprint density at radius 1 is 1.32 bits per heavy atom. The average molecular weight is 578 g/mol. The molecule has 11 nitrogen and oxygen atoms in total. The summed E-state index contributed by atoms with van der Waals surface area (Å²) in [6.07, 6.45) is 2.61. The van der Waals surface area contributed by atoms with E-state index >= 15 is 0 Å². The highest BCUT2D eigenvalue weighted by Crippen LogP contribution is 2.31. The average Bonchev–Trinajstić information content (AvgIpc) is 3.17. The largest absolute Gasteiger partial charge is 0.459 e. The molecule has 0 aromatic carbocycles. The molecule has 2 rings (SSSR count). The van der Waals surface area contributed by atoms with Gasteiger partial charge in [-0.1, -0.05) is 35.4 Å². The van der Waals surface area contributed by atoms with Crippen LogP contribution >= 0.6 is 11.6 Å². The van der Waals surface area contributed by atoms with Crippen molar-refractivity contribution in [2.75, 3.05) is 12.3 Å². The van der Waals surface area contributed by atoms with Gasteiger partial charge in [-0.15, -0.1) is 0 Å². The molecule has 13 heteroatoms. The Labute approximate surface area is 228 Å². The smallest absolute Gasteiger partial charge is 0.310 e. The number of nitrogens with one attached hydrogen (secondary N) is 1. The molecule has 5 atom stereocenters. The summed E-state index contributed by atoms with van der Waals surface area (Å²) < 4.78 is 47.3. The molecule has 3 N–H and O–H groups in total. The van der Waals surface area contributed by atoms with E-state index in [1.165, 1.54) is 13.0 Å². The number of carbonyl (C=O) groups is 3. The Hall–Kier alpha value is -2.25. The number of hydrogen-bond acceptors (Lipinski definition) is 9. The van der Waals surface area contributed by atoms with Gasteiger partial charge in [0, 0.05) is 31.3 Å². The normalized spacial score (nSPS) is 29.1. The SMILES string of the molecule is CC(=O)O[C@@H]1CC(=O)O[C@@H]2C[C@@H](CC/C(Cl)=C\C/C=C\1C)O[C@@H]2[C@H](O)/C=C(\C)CC(=O)NCCS(=O)(=O)O. The molecule has 2 bridgehead atoms. The Kier molecular flexibility index (Phi) is 12.4. The minimum atomic E-state index is -4.19. The van der Waals surface area contributed by atoms with Crippen LogP contribution in [0.5, 0.6) is 0 Å². The number of esters is 2. The summed E-state index contributed by atoms with van der Waals surface area (Å²) in [5.41, 5.74) is 1.16. The highest BCUT2D eigenvalue weighted by molar-refractivity contribution is 7.85. The van der Waals surface area contributed by atoms with Gasteiger partial charge in [0.05, 0.1) is 18.3 Å². The van der Waals surface area contributed by atoms with Crippen LogP contribution in [0.3, 0.4) is 0 Å². The first-order chi connectivity index (χ1) is 17.7. The standard InChI is InChI=1S/C25H36ClNO10S/c1-15(12-23(30)27-9-10-38(32,33)34)11-20(29)25-22-13-19(36-25)8-7-18(26)6-4-5-16(2)21(35-17(3)28)14-24(31)37-22/h5-6,11,19-22,25,29H,4,7-10,12-14H2,1-3H3,(H,27,30)(H,32,33,34)/b15-11+,16-5-,18-6+/t19-,20-,21-,22-,25-/m1/s1. The van der Waals surface area contributed by atoms with Gasteiger partial charge in [-0.05, 0) is 38.7 Å². The fourth-order valence-electron chi connectivity index (χ4n) is 4.21. The van der Waals surface area contributed by atoms with E-state index in [-0.39, 0.29) is 25.5 Å². The Morgan fingerprint density at radius 2 is 2.03 bits per heavy atom. The van der Waals surface area contributed by atoms with Crippen LogP contribution in [0.4, 0.5) is 0 Å². The van der Waals surface area contributed by atoms with E-state index in [2.05, 4.69) is 5.32 Å². The van der Waals surface area contributed by atoms with Crippen molar-refractivity contribution in [3.05, 3.63) is 34.4 Å². The summed E-state index contributed by atoms with van der Waals surface area (Å²) in [6.45, 7) is 4.37. The number of hydrogen-bond donors (Lipinski definition) is 3. The molecule has 1 fully saturated rings. The van der Waals surface area contributed by atoms with Gasteiger partial charge in [-0.3, -0.25) is 18.9 Å². The van der Waals surface area contributed by atoms with E-state index in [4.69, 9.17) is 30.4 Å². The lowest BCUT2D eigenvalue weighted by Gasteiger charge is -2.24. The lowest BCUT2D eigenvalue weighted by molar-refractivity contribution is -0.159. The second kappa shape index (κ2) is 14.8. The number of aliphatic hydroxyl groups is 1. The van der Waals surface area contributed by atoms with Crippen molar-refractivity contribution in [1.29, 1.82) is 0 Å². The maximum absolute atomic E-state index is 12.8. The second-order valence-corrected chi connectivity index (χ2v) is 11.5. The van der Waals surface area contributed by atoms with E-state index in [1.807, 2.05) is 12.2 Å². The van der Waals surface area contributed by atoms with Gasteiger partial charge >= 0.3 is 11.9 Å². The number of carbonyl (C=O) groups excluding carboxylic acids is 3. The van der Waals surface area contributed by atoms with Crippen molar-refractivity contribution >= 4 is 39.6 Å². The predicted molar refractivity (Wildman–Crippen MR) is 139 cm³/mol. The quantitative estimate of drug-likeness (QED) is 0.221. The number of amides is 1. The third kappa shape index (κ3) is 11.6. The van der Waals surface area contributed by atoms with Crippen molar-refractivity contribution in [3.8, 4) is 0 Å². The Bertz CT molecular complexity index is 1070. The van der Waals surface area contributed by atoms with Crippen LogP contribution in [0.1, 0.15) is 59.3 Å². The summed E-state index contributed by atoms with van der Waals surface area (Å²) in [5, 5.41) is 13.9. The molecular formula is C25H36ClNO10S. The first-order valence-corrected chi connectivity index (χ1v) is 14.3. The first-order valence-electron chi connectivity index (χ1n) is 12.3. The summed E-state index contributed by atoms with van der Waals surface area (Å²) in [7, 11) is -4.19. The molecule has 214 valence electrons. The molecule has 2 aliphatic heterocycles. The van der Waals surface area contributed by atoms with E-state index in [1.54, 1.807) is 13.8 Å². The Balaban J connectivity index is 2.14. The maximum atomic E-state index is 12.8. The highest BCUT2D eigenvalue weighted by atomic mass is 35.5. The van der Waals surface area contributed by atoms with Gasteiger partial charge in [0.25, 0.3) is 10.1 Å². The van der Waals surface area contributed by atoms with Crippen LogP contribution in [0.2, 0.25) is 0 Å². The molecule has 0 radical (unpaired) electrons. The number of rotatable bonds is 8.